The first kappa shape index (κ1) is 16.2. The Balaban J connectivity index is 2.29. The van der Waals surface area contributed by atoms with Crippen LogP contribution in [0.3, 0.4) is 0 Å². The summed E-state index contributed by atoms with van der Waals surface area (Å²) in [4.78, 5) is 16.2. The number of aliphatic hydroxyl groups is 1. The van der Waals surface area contributed by atoms with Crippen LogP contribution in [-0.2, 0) is 0 Å². The Kier molecular flexibility index (Phi) is 5.27. The molecule has 0 aliphatic rings. The minimum Gasteiger partial charge on any atom is -0.396 e. The molecule has 0 spiro atoms. The van der Waals surface area contributed by atoms with E-state index >= 15 is 0 Å². The first-order valence-corrected chi connectivity index (χ1v) is 7.46. The van der Waals surface area contributed by atoms with E-state index in [1.54, 1.807) is 4.68 Å². The third kappa shape index (κ3) is 3.51. The molecule has 0 aliphatic heterocycles. The number of aliphatic hydroxyl groups excluding tert-OH is 1. The number of hydrogen-bond donors (Lipinski definition) is 2. The van der Waals surface area contributed by atoms with Gasteiger partial charge in [0.1, 0.15) is 5.82 Å². The van der Waals surface area contributed by atoms with E-state index in [-0.39, 0.29) is 18.3 Å². The number of aryl methyl sites for hydroxylation is 1. The fraction of sp³-hybridized carbons (Fsp3) is 0.438. The van der Waals surface area contributed by atoms with Gasteiger partial charge in [0.25, 0.3) is 5.91 Å². The summed E-state index contributed by atoms with van der Waals surface area (Å²) < 4.78 is 1.70. The highest BCUT2D eigenvalue weighted by Gasteiger charge is 2.17. The van der Waals surface area contributed by atoms with Gasteiger partial charge in [0.05, 0.1) is 5.69 Å². The van der Waals surface area contributed by atoms with Gasteiger partial charge in [0.2, 0.25) is 5.82 Å². The smallest absolute Gasteiger partial charge is 0.290 e. The van der Waals surface area contributed by atoms with Gasteiger partial charge in [-0.25, -0.2) is 9.67 Å². The molecule has 0 fully saturated rings. The maximum Gasteiger partial charge on any atom is 0.290 e. The van der Waals surface area contributed by atoms with Crippen LogP contribution in [0.5, 0.6) is 0 Å². The molecular formula is C16H22N4O2. The summed E-state index contributed by atoms with van der Waals surface area (Å²) in [7, 11) is 0. The summed E-state index contributed by atoms with van der Waals surface area (Å²) in [5, 5.41) is 15.8. The normalized spacial score (nSPS) is 11.0. The van der Waals surface area contributed by atoms with Crippen molar-refractivity contribution >= 4 is 5.91 Å². The highest BCUT2D eigenvalue weighted by atomic mass is 16.3. The summed E-state index contributed by atoms with van der Waals surface area (Å²) in [6.07, 6.45) is 0.515. The third-order valence-corrected chi connectivity index (χ3v) is 3.38. The number of carbonyl (C=O) groups is 1. The molecule has 1 aromatic heterocycles. The van der Waals surface area contributed by atoms with Gasteiger partial charge in [0.15, 0.2) is 0 Å². The van der Waals surface area contributed by atoms with Gasteiger partial charge < -0.3 is 10.4 Å². The predicted molar refractivity (Wildman–Crippen MR) is 84.2 cm³/mol. The van der Waals surface area contributed by atoms with E-state index in [9.17, 15) is 4.79 Å². The molecule has 6 heteroatoms. The van der Waals surface area contributed by atoms with Crippen LogP contribution in [0.4, 0.5) is 0 Å². The minimum absolute atomic E-state index is 0.0446. The van der Waals surface area contributed by atoms with Crippen molar-refractivity contribution in [3.05, 3.63) is 41.5 Å². The number of para-hydroxylation sites is 1. The van der Waals surface area contributed by atoms with Gasteiger partial charge in [-0.15, -0.1) is 5.10 Å². The topological polar surface area (TPSA) is 80.0 Å². The Bertz CT molecular complexity index is 649. The zero-order valence-electron chi connectivity index (χ0n) is 13.2. The summed E-state index contributed by atoms with van der Waals surface area (Å²) in [5.74, 6) is 0.841. The molecule has 1 aromatic carbocycles. The number of benzene rings is 1. The lowest BCUT2D eigenvalue weighted by molar-refractivity contribution is 0.0941. The van der Waals surface area contributed by atoms with Gasteiger partial charge in [-0.2, -0.15) is 0 Å². The molecule has 0 unspecified atom stereocenters. The summed E-state index contributed by atoms with van der Waals surface area (Å²) in [6, 6.07) is 7.98. The second-order valence-corrected chi connectivity index (χ2v) is 5.44. The lowest BCUT2D eigenvalue weighted by Gasteiger charge is -2.12. The number of rotatable bonds is 6. The molecule has 0 saturated heterocycles. The number of nitrogens with zero attached hydrogens (tertiary/aromatic N) is 3. The minimum atomic E-state index is -0.322. The first-order chi connectivity index (χ1) is 10.5. The molecule has 1 amide bonds. The molecule has 0 atom stereocenters. The van der Waals surface area contributed by atoms with Crippen LogP contribution in [0.2, 0.25) is 0 Å². The van der Waals surface area contributed by atoms with Gasteiger partial charge in [0, 0.05) is 13.2 Å². The van der Waals surface area contributed by atoms with Crippen LogP contribution in [0, 0.1) is 6.92 Å². The standard InChI is InChI=1S/C16H22N4O2/c1-11(2)13-7-4-5-8-14(13)20-12(3)18-15(19-20)16(22)17-9-6-10-21/h4-5,7-8,11,21H,6,9-10H2,1-3H3,(H,17,22). The fourth-order valence-electron chi connectivity index (χ4n) is 2.24. The highest BCUT2D eigenvalue weighted by molar-refractivity contribution is 5.90. The van der Waals surface area contributed by atoms with E-state index in [0.717, 1.165) is 11.3 Å². The van der Waals surface area contributed by atoms with Crippen molar-refractivity contribution in [3.8, 4) is 5.69 Å². The third-order valence-electron chi connectivity index (χ3n) is 3.38. The van der Waals surface area contributed by atoms with Gasteiger partial charge >= 0.3 is 0 Å². The Morgan fingerprint density at radius 1 is 1.36 bits per heavy atom. The SMILES string of the molecule is Cc1nc(C(=O)NCCCO)nn1-c1ccccc1C(C)C. The Hall–Kier alpha value is -2.21. The van der Waals surface area contributed by atoms with Crippen molar-refractivity contribution in [2.24, 2.45) is 0 Å². The van der Waals surface area contributed by atoms with Crippen molar-refractivity contribution in [2.75, 3.05) is 13.2 Å². The van der Waals surface area contributed by atoms with E-state index in [0.29, 0.717) is 24.7 Å². The maximum absolute atomic E-state index is 12.0. The fourth-order valence-corrected chi connectivity index (χ4v) is 2.24. The number of aromatic nitrogens is 3. The van der Waals surface area contributed by atoms with Crippen LogP contribution < -0.4 is 5.32 Å². The maximum atomic E-state index is 12.0. The lowest BCUT2D eigenvalue weighted by Crippen LogP contribution is -2.26. The molecule has 0 saturated carbocycles. The van der Waals surface area contributed by atoms with Crippen LogP contribution in [0.1, 0.15) is 48.2 Å². The largest absolute Gasteiger partial charge is 0.396 e. The monoisotopic (exact) mass is 302 g/mol. The molecule has 2 N–H and O–H groups in total. The molecule has 0 bridgehead atoms. The van der Waals surface area contributed by atoms with Gasteiger partial charge in [-0.3, -0.25) is 4.79 Å². The first-order valence-electron chi connectivity index (χ1n) is 7.46. The van der Waals surface area contributed by atoms with E-state index < -0.39 is 0 Å². The second kappa shape index (κ2) is 7.17. The quantitative estimate of drug-likeness (QED) is 0.798. The molecule has 2 rings (SSSR count). The van der Waals surface area contributed by atoms with Crippen molar-refractivity contribution in [1.82, 2.24) is 20.1 Å². The Morgan fingerprint density at radius 2 is 2.09 bits per heavy atom. The molecule has 0 radical (unpaired) electrons. The zero-order chi connectivity index (χ0) is 16.1. The molecular weight excluding hydrogens is 280 g/mol. The summed E-state index contributed by atoms with van der Waals surface area (Å²) in [6.45, 7) is 6.52. The predicted octanol–water partition coefficient (Wildman–Crippen LogP) is 1.81. The molecule has 6 nitrogen and oxygen atoms in total. The van der Waals surface area contributed by atoms with Crippen LogP contribution in [-0.4, -0.2) is 38.9 Å². The van der Waals surface area contributed by atoms with Crippen molar-refractivity contribution in [3.63, 3.8) is 0 Å². The van der Waals surface area contributed by atoms with Crippen molar-refractivity contribution < 1.29 is 9.90 Å². The average Bonchev–Trinajstić information content (AvgIpc) is 2.89. The lowest BCUT2D eigenvalue weighted by atomic mass is 10.0. The molecule has 118 valence electrons. The van der Waals surface area contributed by atoms with E-state index in [1.807, 2.05) is 25.1 Å². The van der Waals surface area contributed by atoms with E-state index in [4.69, 9.17) is 5.11 Å². The Labute approximate surface area is 130 Å². The van der Waals surface area contributed by atoms with Crippen LogP contribution >= 0.6 is 0 Å². The van der Waals surface area contributed by atoms with Crippen molar-refractivity contribution in [2.45, 2.75) is 33.1 Å². The van der Waals surface area contributed by atoms with Crippen LogP contribution in [0.15, 0.2) is 24.3 Å². The summed E-state index contributed by atoms with van der Waals surface area (Å²) >= 11 is 0. The van der Waals surface area contributed by atoms with E-state index in [2.05, 4.69) is 35.3 Å². The van der Waals surface area contributed by atoms with Gasteiger partial charge in [-0.05, 0) is 30.9 Å². The number of hydrogen-bond acceptors (Lipinski definition) is 4. The molecule has 22 heavy (non-hydrogen) atoms. The molecule has 1 heterocycles. The number of nitrogens with one attached hydrogen (secondary N) is 1. The number of carbonyl (C=O) groups excluding carboxylic acids is 1. The molecule has 0 aliphatic carbocycles. The highest BCUT2D eigenvalue weighted by Crippen LogP contribution is 2.23. The average molecular weight is 302 g/mol. The van der Waals surface area contributed by atoms with E-state index in [1.165, 1.54) is 0 Å². The number of amides is 1. The zero-order valence-corrected chi connectivity index (χ0v) is 13.2. The second-order valence-electron chi connectivity index (χ2n) is 5.44. The Morgan fingerprint density at radius 3 is 2.77 bits per heavy atom. The van der Waals surface area contributed by atoms with Crippen molar-refractivity contribution in [1.29, 1.82) is 0 Å². The molecule has 2 aromatic rings. The van der Waals surface area contributed by atoms with Crippen LogP contribution in [0.25, 0.3) is 5.69 Å². The summed E-state index contributed by atoms with van der Waals surface area (Å²) in [5.41, 5.74) is 2.10. The van der Waals surface area contributed by atoms with Gasteiger partial charge in [-0.1, -0.05) is 32.0 Å².